The Balaban J connectivity index is 3.54. The molecular weight excluding hydrogens is 262 g/mol. The average Bonchev–Trinajstić information content (AvgIpc) is 2.49. The summed E-state index contributed by atoms with van der Waals surface area (Å²) in [6, 6.07) is 0.734. The molecule has 0 aliphatic carbocycles. The van der Waals surface area contributed by atoms with E-state index in [0.717, 1.165) is 32.2 Å². The SMILES string of the molecule is CCCCCC(CCCCC)NCCCCOCCOC. The molecule has 0 unspecified atom stereocenters. The van der Waals surface area contributed by atoms with Crippen LogP contribution in [0.4, 0.5) is 0 Å². The van der Waals surface area contributed by atoms with Crippen LogP contribution >= 0.6 is 0 Å². The van der Waals surface area contributed by atoms with Crippen molar-refractivity contribution in [3.05, 3.63) is 0 Å². The number of hydrogen-bond acceptors (Lipinski definition) is 3. The number of hydrogen-bond donors (Lipinski definition) is 1. The van der Waals surface area contributed by atoms with Crippen LogP contribution in [0.3, 0.4) is 0 Å². The highest BCUT2D eigenvalue weighted by Gasteiger charge is 2.07. The molecule has 0 aliphatic rings. The first-order valence-corrected chi connectivity index (χ1v) is 9.15. The van der Waals surface area contributed by atoms with Crippen LogP contribution in [0.2, 0.25) is 0 Å². The Labute approximate surface area is 133 Å². The second-order valence-electron chi connectivity index (χ2n) is 5.95. The Morgan fingerprint density at radius 1 is 0.762 bits per heavy atom. The summed E-state index contributed by atoms with van der Waals surface area (Å²) in [4.78, 5) is 0. The predicted octanol–water partition coefficient (Wildman–Crippen LogP) is 4.55. The summed E-state index contributed by atoms with van der Waals surface area (Å²) in [6.07, 6.45) is 13.2. The van der Waals surface area contributed by atoms with Crippen molar-refractivity contribution < 1.29 is 9.47 Å². The maximum Gasteiger partial charge on any atom is 0.0700 e. The molecule has 0 aromatic rings. The molecule has 21 heavy (non-hydrogen) atoms. The van der Waals surface area contributed by atoms with Gasteiger partial charge in [0, 0.05) is 19.8 Å². The first-order chi connectivity index (χ1) is 10.3. The fraction of sp³-hybridized carbons (Fsp3) is 1.00. The molecule has 0 spiro atoms. The minimum Gasteiger partial charge on any atom is -0.382 e. The van der Waals surface area contributed by atoms with Crippen molar-refractivity contribution in [1.82, 2.24) is 5.32 Å². The molecule has 128 valence electrons. The third-order valence-corrected chi connectivity index (χ3v) is 3.89. The lowest BCUT2D eigenvalue weighted by atomic mass is 10.0. The van der Waals surface area contributed by atoms with Crippen molar-refractivity contribution >= 4 is 0 Å². The molecule has 0 saturated heterocycles. The molecule has 0 heterocycles. The number of methoxy groups -OCH3 is 1. The first-order valence-electron chi connectivity index (χ1n) is 9.15. The van der Waals surface area contributed by atoms with Gasteiger partial charge < -0.3 is 14.8 Å². The van der Waals surface area contributed by atoms with Crippen molar-refractivity contribution in [3.8, 4) is 0 Å². The Kier molecular flexibility index (Phi) is 17.8. The van der Waals surface area contributed by atoms with Crippen molar-refractivity contribution in [2.75, 3.05) is 33.5 Å². The monoisotopic (exact) mass is 301 g/mol. The predicted molar refractivity (Wildman–Crippen MR) is 92.0 cm³/mol. The lowest BCUT2D eigenvalue weighted by Crippen LogP contribution is -2.30. The van der Waals surface area contributed by atoms with Crippen LogP contribution in [0.15, 0.2) is 0 Å². The molecule has 0 aromatic heterocycles. The molecule has 0 atom stereocenters. The van der Waals surface area contributed by atoms with Gasteiger partial charge in [-0.3, -0.25) is 0 Å². The van der Waals surface area contributed by atoms with Gasteiger partial charge in [0.05, 0.1) is 13.2 Å². The normalized spacial score (nSPS) is 11.4. The van der Waals surface area contributed by atoms with Crippen molar-refractivity contribution in [1.29, 1.82) is 0 Å². The topological polar surface area (TPSA) is 30.5 Å². The molecule has 0 saturated carbocycles. The van der Waals surface area contributed by atoms with Gasteiger partial charge in [-0.25, -0.2) is 0 Å². The average molecular weight is 302 g/mol. The van der Waals surface area contributed by atoms with E-state index in [1.54, 1.807) is 7.11 Å². The Hall–Kier alpha value is -0.120. The van der Waals surface area contributed by atoms with E-state index in [0.29, 0.717) is 6.61 Å². The molecular formula is C18H39NO2. The zero-order valence-electron chi connectivity index (χ0n) is 14.8. The van der Waals surface area contributed by atoms with E-state index in [9.17, 15) is 0 Å². The highest BCUT2D eigenvalue weighted by Crippen LogP contribution is 2.11. The highest BCUT2D eigenvalue weighted by molar-refractivity contribution is 4.67. The molecule has 0 aliphatic heterocycles. The van der Waals surface area contributed by atoms with Crippen LogP contribution in [0.1, 0.15) is 78.1 Å². The van der Waals surface area contributed by atoms with E-state index in [-0.39, 0.29) is 0 Å². The van der Waals surface area contributed by atoms with Gasteiger partial charge in [-0.15, -0.1) is 0 Å². The molecule has 1 N–H and O–H groups in total. The number of unbranched alkanes of at least 4 members (excludes halogenated alkanes) is 5. The van der Waals surface area contributed by atoms with Gasteiger partial charge in [0.2, 0.25) is 0 Å². The van der Waals surface area contributed by atoms with Crippen LogP contribution in [-0.2, 0) is 9.47 Å². The Bertz CT molecular complexity index is 178. The molecule has 0 amide bonds. The van der Waals surface area contributed by atoms with E-state index in [4.69, 9.17) is 9.47 Å². The second-order valence-corrected chi connectivity index (χ2v) is 5.95. The largest absolute Gasteiger partial charge is 0.382 e. The number of rotatable bonds is 17. The maximum absolute atomic E-state index is 5.49. The van der Waals surface area contributed by atoms with Crippen LogP contribution in [0, 0.1) is 0 Å². The quantitative estimate of drug-likeness (QED) is 0.400. The van der Waals surface area contributed by atoms with Gasteiger partial charge in [0.25, 0.3) is 0 Å². The fourth-order valence-electron chi connectivity index (χ4n) is 2.51. The molecule has 0 fully saturated rings. The van der Waals surface area contributed by atoms with Crippen LogP contribution in [-0.4, -0.2) is 39.5 Å². The smallest absolute Gasteiger partial charge is 0.0700 e. The van der Waals surface area contributed by atoms with Crippen LogP contribution in [0.5, 0.6) is 0 Å². The number of nitrogens with one attached hydrogen (secondary N) is 1. The zero-order chi connectivity index (χ0) is 15.6. The highest BCUT2D eigenvalue weighted by atomic mass is 16.5. The summed E-state index contributed by atoms with van der Waals surface area (Å²) in [5.74, 6) is 0. The van der Waals surface area contributed by atoms with Gasteiger partial charge in [-0.05, 0) is 32.2 Å². The molecule has 3 nitrogen and oxygen atoms in total. The minimum atomic E-state index is 0.704. The van der Waals surface area contributed by atoms with Gasteiger partial charge >= 0.3 is 0 Å². The van der Waals surface area contributed by atoms with E-state index in [2.05, 4.69) is 19.2 Å². The van der Waals surface area contributed by atoms with Crippen LogP contribution in [0.25, 0.3) is 0 Å². The third-order valence-electron chi connectivity index (χ3n) is 3.89. The minimum absolute atomic E-state index is 0.704. The maximum atomic E-state index is 5.49. The third kappa shape index (κ3) is 16.1. The summed E-state index contributed by atoms with van der Waals surface area (Å²) >= 11 is 0. The van der Waals surface area contributed by atoms with Gasteiger partial charge in [0.15, 0.2) is 0 Å². The first kappa shape index (κ1) is 20.9. The lowest BCUT2D eigenvalue weighted by molar-refractivity contribution is 0.0687. The van der Waals surface area contributed by atoms with Gasteiger partial charge in [-0.1, -0.05) is 52.4 Å². The molecule has 3 heteroatoms. The van der Waals surface area contributed by atoms with Crippen molar-refractivity contribution in [3.63, 3.8) is 0 Å². The fourth-order valence-corrected chi connectivity index (χ4v) is 2.51. The second kappa shape index (κ2) is 17.9. The van der Waals surface area contributed by atoms with E-state index < -0.39 is 0 Å². The zero-order valence-corrected chi connectivity index (χ0v) is 14.8. The lowest BCUT2D eigenvalue weighted by Gasteiger charge is -2.18. The summed E-state index contributed by atoms with van der Waals surface area (Å²) in [6.45, 7) is 7.99. The standard InChI is InChI=1S/C18H39NO2/c1-4-6-8-12-18(13-9-7-5-2)19-14-10-11-15-21-17-16-20-3/h18-19H,4-17H2,1-3H3. The Morgan fingerprint density at radius 3 is 2.00 bits per heavy atom. The Morgan fingerprint density at radius 2 is 1.43 bits per heavy atom. The van der Waals surface area contributed by atoms with E-state index in [1.807, 2.05) is 0 Å². The van der Waals surface area contributed by atoms with Gasteiger partial charge in [0.1, 0.15) is 0 Å². The van der Waals surface area contributed by atoms with E-state index in [1.165, 1.54) is 57.8 Å². The summed E-state index contributed by atoms with van der Waals surface area (Å²) in [7, 11) is 1.71. The summed E-state index contributed by atoms with van der Waals surface area (Å²) in [5, 5.41) is 3.76. The van der Waals surface area contributed by atoms with Crippen LogP contribution < -0.4 is 5.32 Å². The molecule has 0 rings (SSSR count). The molecule has 0 radical (unpaired) electrons. The summed E-state index contributed by atoms with van der Waals surface area (Å²) in [5.41, 5.74) is 0. The van der Waals surface area contributed by atoms with Crippen molar-refractivity contribution in [2.45, 2.75) is 84.1 Å². The number of ether oxygens (including phenoxy) is 2. The summed E-state index contributed by atoms with van der Waals surface area (Å²) < 4.78 is 10.4. The molecule has 0 bridgehead atoms. The van der Waals surface area contributed by atoms with Gasteiger partial charge in [-0.2, -0.15) is 0 Å². The molecule has 0 aromatic carbocycles. The van der Waals surface area contributed by atoms with Crippen molar-refractivity contribution in [2.24, 2.45) is 0 Å². The van der Waals surface area contributed by atoms with E-state index >= 15 is 0 Å².